The van der Waals surface area contributed by atoms with Crippen molar-refractivity contribution in [3.05, 3.63) is 36.4 Å². The Kier molecular flexibility index (Phi) is 10.4. The fraction of sp³-hybridized carbons (Fsp3) is 0.600. The molecule has 2 aliphatic carbocycles. The molecule has 2 aliphatic heterocycles. The Morgan fingerprint density at radius 2 is 1.78 bits per heavy atom. The van der Waals surface area contributed by atoms with Crippen LogP contribution < -0.4 is 24.8 Å². The highest BCUT2D eigenvalue weighted by Gasteiger charge is 2.62. The van der Waals surface area contributed by atoms with Crippen LogP contribution in [0.2, 0.25) is 0 Å². The van der Waals surface area contributed by atoms with Gasteiger partial charge in [-0.25, -0.2) is 13.2 Å². The van der Waals surface area contributed by atoms with Crippen molar-refractivity contribution in [2.45, 2.75) is 101 Å². The van der Waals surface area contributed by atoms with Gasteiger partial charge in [-0.2, -0.15) is 0 Å². The monoisotopic (exact) mass is 726 g/mol. The van der Waals surface area contributed by atoms with Gasteiger partial charge in [-0.1, -0.05) is 44.6 Å². The number of rotatable bonds is 9. The van der Waals surface area contributed by atoms with Crippen molar-refractivity contribution >= 4 is 44.6 Å². The van der Waals surface area contributed by atoms with Crippen molar-refractivity contribution in [1.82, 2.24) is 30.5 Å². The Hall–Kier alpha value is -4.47. The van der Waals surface area contributed by atoms with Crippen LogP contribution in [0.3, 0.4) is 0 Å². The van der Waals surface area contributed by atoms with E-state index in [0.29, 0.717) is 55.4 Å². The summed E-state index contributed by atoms with van der Waals surface area (Å²) in [5.41, 5.74) is -1.53. The first kappa shape index (κ1) is 36.3. The number of benzene rings is 1. The first-order valence-corrected chi connectivity index (χ1v) is 19.3. The third kappa shape index (κ3) is 7.75. The molecule has 0 bridgehead atoms. The molecule has 15 nitrogen and oxygen atoms in total. The van der Waals surface area contributed by atoms with Gasteiger partial charge in [0.25, 0.3) is 5.91 Å². The molecule has 3 heterocycles. The minimum absolute atomic E-state index is 0.00758. The van der Waals surface area contributed by atoms with Crippen LogP contribution in [0.15, 0.2) is 36.4 Å². The summed E-state index contributed by atoms with van der Waals surface area (Å²) >= 11 is 0. The normalized spacial score (nSPS) is 30.5. The van der Waals surface area contributed by atoms with Crippen LogP contribution in [-0.2, 0) is 24.4 Å². The summed E-state index contributed by atoms with van der Waals surface area (Å²) in [6.07, 6.45) is 5.23. The highest BCUT2D eigenvalue weighted by molar-refractivity contribution is 7.91. The number of allylic oxidation sites excluding steroid dienone is 1. The third-order valence-corrected chi connectivity index (χ3v) is 12.3. The summed E-state index contributed by atoms with van der Waals surface area (Å²) in [6, 6.07) is 4.94. The number of hydrogen-bond donors (Lipinski definition) is 4. The molecule has 276 valence electrons. The lowest BCUT2D eigenvalue weighted by molar-refractivity contribution is -0.142. The Morgan fingerprint density at radius 1 is 1.08 bits per heavy atom. The van der Waals surface area contributed by atoms with E-state index in [1.165, 1.54) is 4.90 Å². The summed E-state index contributed by atoms with van der Waals surface area (Å²) in [5.74, 6) is -2.25. The van der Waals surface area contributed by atoms with E-state index in [1.807, 2.05) is 51.1 Å². The van der Waals surface area contributed by atoms with Crippen LogP contribution in [0.4, 0.5) is 4.79 Å². The van der Waals surface area contributed by atoms with E-state index in [9.17, 15) is 32.7 Å². The van der Waals surface area contributed by atoms with E-state index in [1.54, 1.807) is 6.07 Å². The first-order valence-electron chi connectivity index (χ1n) is 17.8. The second-order valence-electron chi connectivity index (χ2n) is 14.2. The Balaban J connectivity index is 1.35. The van der Waals surface area contributed by atoms with Gasteiger partial charge in [-0.05, 0) is 69.4 Å². The summed E-state index contributed by atoms with van der Waals surface area (Å²) in [6.45, 7) is 6.07. The fourth-order valence-corrected chi connectivity index (χ4v) is 8.76. The smallest absolute Gasteiger partial charge is 0.405 e. The van der Waals surface area contributed by atoms with Crippen LogP contribution in [0.1, 0.15) is 72.1 Å². The summed E-state index contributed by atoms with van der Waals surface area (Å²) < 4.78 is 39.8. The van der Waals surface area contributed by atoms with E-state index in [2.05, 4.69) is 25.6 Å². The molecular weight excluding hydrogens is 680 g/mol. The van der Waals surface area contributed by atoms with Crippen molar-refractivity contribution < 1.29 is 42.2 Å². The molecule has 4 amide bonds. The zero-order valence-corrected chi connectivity index (χ0v) is 29.9. The van der Waals surface area contributed by atoms with Gasteiger partial charge in [0.1, 0.15) is 23.7 Å². The molecule has 1 saturated heterocycles. The van der Waals surface area contributed by atoms with Gasteiger partial charge in [-0.3, -0.25) is 19.1 Å². The molecule has 1 aromatic heterocycles. The van der Waals surface area contributed by atoms with E-state index in [4.69, 9.17) is 9.47 Å². The second-order valence-corrected chi connectivity index (χ2v) is 16.1. The number of nitrogens with one attached hydrogen (secondary N) is 3. The van der Waals surface area contributed by atoms with Crippen LogP contribution in [0.25, 0.3) is 10.8 Å². The first-order chi connectivity index (χ1) is 24.4. The quantitative estimate of drug-likeness (QED) is 0.277. The maximum atomic E-state index is 14.5. The zero-order chi connectivity index (χ0) is 36.5. The number of aromatic nitrogens is 2. The molecule has 2 saturated carbocycles. The lowest BCUT2D eigenvalue weighted by Crippen LogP contribution is -2.59. The van der Waals surface area contributed by atoms with Crippen molar-refractivity contribution in [3.8, 4) is 11.8 Å². The van der Waals surface area contributed by atoms with Crippen molar-refractivity contribution in [1.29, 1.82) is 0 Å². The minimum atomic E-state index is -3.91. The highest BCUT2D eigenvalue weighted by Crippen LogP contribution is 2.46. The molecule has 2 aromatic rings. The van der Waals surface area contributed by atoms with E-state index in [0.717, 1.165) is 6.42 Å². The molecule has 0 radical (unpaired) electrons. The summed E-state index contributed by atoms with van der Waals surface area (Å²) in [5, 5.41) is 24.2. The predicted octanol–water partition coefficient (Wildman–Crippen LogP) is 2.90. The lowest BCUT2D eigenvalue weighted by Gasteiger charge is -2.33. The zero-order valence-electron chi connectivity index (χ0n) is 29.0. The molecule has 3 fully saturated rings. The van der Waals surface area contributed by atoms with Gasteiger partial charge < -0.3 is 30.1 Å². The van der Waals surface area contributed by atoms with Gasteiger partial charge in [0.15, 0.2) is 0 Å². The van der Waals surface area contributed by atoms with Crippen molar-refractivity contribution in [3.63, 3.8) is 0 Å². The van der Waals surface area contributed by atoms with Crippen molar-refractivity contribution in [2.75, 3.05) is 13.2 Å². The summed E-state index contributed by atoms with van der Waals surface area (Å²) in [7, 11) is -3.91. The van der Waals surface area contributed by atoms with Crippen LogP contribution in [-0.4, -0.2) is 94.6 Å². The topological polar surface area (TPSA) is 206 Å². The SMILES string of the molecule is CCOc1nnc(O[C@@H]2C[C@H]3C(=O)N[C@]4(C(=O)NS(=O)(=O)C5CC5)C[C@H]4/C=C\CC[C@H](C)C[C@@H](CC)[C@H](NC(=O)O)C(=O)N3C2)c2ccccc12. The molecule has 0 unspecified atom stereocenters. The second kappa shape index (κ2) is 14.6. The average Bonchev–Trinajstić information content (AvgIpc) is 4.02. The number of sulfonamides is 1. The van der Waals surface area contributed by atoms with Crippen LogP contribution in [0, 0.1) is 17.8 Å². The number of amides is 4. The van der Waals surface area contributed by atoms with Gasteiger partial charge in [0.2, 0.25) is 33.6 Å². The van der Waals surface area contributed by atoms with E-state index in [-0.39, 0.29) is 37.1 Å². The molecule has 16 heteroatoms. The third-order valence-electron chi connectivity index (χ3n) is 10.4. The maximum Gasteiger partial charge on any atom is 0.405 e. The number of fused-ring (bicyclic) bond motifs is 3. The number of ether oxygens (including phenoxy) is 2. The molecule has 4 N–H and O–H groups in total. The standard InChI is InChI=1S/C35H46N6O9S/c1-4-21-16-20(3)10-6-7-11-22-18-35(22,33(44)40-51(47,48)24-14-15-24)37-29(42)27-17-23(19-41(27)32(43)28(21)36-34(45)46)50-31-26-13-9-8-12-25(26)30(38-39-31)49-5-2/h7-9,11-13,20-24,27-28,36H,4-6,10,14-19H2,1-3H3,(H,37,42)(H,40,44)(H,45,46)/b11-7-/t20-,21+,22+,23+,27-,28-,35+/m0/s1. The fourth-order valence-electron chi connectivity index (χ4n) is 7.39. The molecule has 1 aromatic carbocycles. The maximum absolute atomic E-state index is 14.5. The van der Waals surface area contributed by atoms with Gasteiger partial charge in [0.05, 0.1) is 29.2 Å². The summed E-state index contributed by atoms with van der Waals surface area (Å²) in [4.78, 5) is 55.8. The molecular formula is C35H46N6O9S. The van der Waals surface area contributed by atoms with Gasteiger partial charge >= 0.3 is 6.09 Å². The minimum Gasteiger partial charge on any atom is -0.476 e. The predicted molar refractivity (Wildman–Crippen MR) is 185 cm³/mol. The van der Waals surface area contributed by atoms with Gasteiger partial charge in [-0.15, -0.1) is 10.2 Å². The Morgan fingerprint density at radius 3 is 2.45 bits per heavy atom. The Bertz CT molecular complexity index is 1820. The van der Waals surface area contributed by atoms with E-state index < -0.39 is 68.7 Å². The number of carbonyl (C=O) groups is 4. The molecule has 6 rings (SSSR count). The number of carboxylic acid groups (broad SMARTS) is 1. The largest absolute Gasteiger partial charge is 0.476 e. The number of carbonyl (C=O) groups excluding carboxylic acids is 3. The molecule has 4 aliphatic rings. The highest BCUT2D eigenvalue weighted by atomic mass is 32.2. The molecule has 51 heavy (non-hydrogen) atoms. The van der Waals surface area contributed by atoms with E-state index >= 15 is 0 Å². The van der Waals surface area contributed by atoms with Crippen LogP contribution >= 0.6 is 0 Å². The number of hydrogen-bond acceptors (Lipinski definition) is 10. The number of nitrogens with zero attached hydrogens (tertiary/aromatic N) is 3. The molecule has 0 spiro atoms. The molecule has 7 atom stereocenters. The van der Waals surface area contributed by atoms with Crippen molar-refractivity contribution in [2.24, 2.45) is 17.8 Å². The van der Waals surface area contributed by atoms with Crippen LogP contribution in [0.5, 0.6) is 11.8 Å². The van der Waals surface area contributed by atoms with Gasteiger partial charge in [0, 0.05) is 12.3 Å². The Labute approximate surface area is 296 Å². The lowest BCUT2D eigenvalue weighted by atomic mass is 9.85. The average molecular weight is 727 g/mol.